The summed E-state index contributed by atoms with van der Waals surface area (Å²) in [4.78, 5) is 22.5. The third-order valence-electron chi connectivity index (χ3n) is 4.44. The molecule has 5 nitrogen and oxygen atoms in total. The fourth-order valence-corrected chi connectivity index (χ4v) is 2.93. The molecule has 27 heavy (non-hydrogen) atoms. The molecule has 0 amide bonds. The van der Waals surface area contributed by atoms with Crippen molar-refractivity contribution < 1.29 is 24.2 Å². The van der Waals surface area contributed by atoms with Crippen LogP contribution in [0.25, 0.3) is 0 Å². The third kappa shape index (κ3) is 15.8. The lowest BCUT2D eigenvalue weighted by Gasteiger charge is -2.22. The molecule has 1 N–H and O–H groups in total. The summed E-state index contributed by atoms with van der Waals surface area (Å²) in [5.74, 6) is -0.460. The van der Waals surface area contributed by atoms with Gasteiger partial charge in [0.2, 0.25) is 0 Å². The van der Waals surface area contributed by atoms with Crippen LogP contribution in [0.1, 0.15) is 84.0 Å². The van der Waals surface area contributed by atoms with Crippen LogP contribution in [0.3, 0.4) is 0 Å². The van der Waals surface area contributed by atoms with Gasteiger partial charge < -0.3 is 14.6 Å². The number of alkyl halides is 1. The summed E-state index contributed by atoms with van der Waals surface area (Å²) < 4.78 is 9.98. The van der Waals surface area contributed by atoms with E-state index in [1.165, 1.54) is 7.11 Å². The van der Waals surface area contributed by atoms with E-state index in [1.807, 2.05) is 6.08 Å². The van der Waals surface area contributed by atoms with Crippen molar-refractivity contribution in [3.05, 3.63) is 12.2 Å². The van der Waals surface area contributed by atoms with Gasteiger partial charge in [-0.15, -0.1) is 0 Å². The number of hydrogen-bond acceptors (Lipinski definition) is 5. The lowest BCUT2D eigenvalue weighted by Crippen LogP contribution is -2.31. The predicted octanol–water partition coefficient (Wildman–Crippen LogP) is 5.08. The zero-order chi connectivity index (χ0) is 20.3. The number of unbranched alkanes of at least 4 members (excludes halogenated alkanes) is 7. The van der Waals surface area contributed by atoms with Crippen LogP contribution in [0.2, 0.25) is 0 Å². The first kappa shape index (κ1) is 26.1. The Balaban J connectivity index is 3.90. The highest BCUT2D eigenvalue weighted by Gasteiger charge is 2.21. The maximum Gasteiger partial charge on any atom is 0.316 e. The van der Waals surface area contributed by atoms with E-state index in [4.69, 9.17) is 4.74 Å². The molecule has 2 atom stereocenters. The molecule has 6 heteroatoms. The molecular weight excluding hydrogens is 412 g/mol. The molecule has 0 fully saturated rings. The summed E-state index contributed by atoms with van der Waals surface area (Å²) >= 11 is 3.10. The van der Waals surface area contributed by atoms with Gasteiger partial charge in [-0.05, 0) is 38.5 Å². The quantitative estimate of drug-likeness (QED) is 0.145. The summed E-state index contributed by atoms with van der Waals surface area (Å²) in [7, 11) is 1.42. The summed E-state index contributed by atoms with van der Waals surface area (Å²) in [6, 6.07) is 0. The molecule has 0 aromatic carbocycles. The Bertz CT molecular complexity index is 411. The van der Waals surface area contributed by atoms with Gasteiger partial charge in [-0.3, -0.25) is 9.59 Å². The van der Waals surface area contributed by atoms with E-state index < -0.39 is 12.2 Å². The first-order valence-electron chi connectivity index (χ1n) is 10.2. The van der Waals surface area contributed by atoms with Crippen molar-refractivity contribution in [3.63, 3.8) is 0 Å². The highest BCUT2D eigenvalue weighted by Crippen LogP contribution is 2.15. The van der Waals surface area contributed by atoms with E-state index in [1.54, 1.807) is 0 Å². The standard InChI is InChI=1S/C21H37BrO5/c1-3-4-11-15-19(27-21(25)17-22)18(23)14-12-9-7-5-6-8-10-13-16-20(24)26-2/h9,12,18-19,23H,3-8,10-11,13-17H2,1-2H3. The number of aliphatic hydroxyl groups is 1. The molecule has 0 rings (SSSR count). The van der Waals surface area contributed by atoms with Crippen molar-refractivity contribution >= 4 is 27.9 Å². The zero-order valence-corrected chi connectivity index (χ0v) is 18.5. The number of methoxy groups -OCH3 is 1. The average Bonchev–Trinajstić information content (AvgIpc) is 2.67. The van der Waals surface area contributed by atoms with E-state index in [2.05, 4.69) is 33.7 Å². The van der Waals surface area contributed by atoms with E-state index in [9.17, 15) is 14.7 Å². The highest BCUT2D eigenvalue weighted by atomic mass is 79.9. The highest BCUT2D eigenvalue weighted by molar-refractivity contribution is 9.09. The second-order valence-corrected chi connectivity index (χ2v) is 7.38. The Morgan fingerprint density at radius 2 is 1.70 bits per heavy atom. The minimum absolute atomic E-state index is 0.133. The number of carbonyl (C=O) groups excluding carboxylic acids is 2. The first-order valence-corrected chi connectivity index (χ1v) is 11.3. The topological polar surface area (TPSA) is 72.8 Å². The number of halogens is 1. The molecule has 0 spiro atoms. The molecule has 0 heterocycles. The number of carbonyl (C=O) groups is 2. The molecule has 0 radical (unpaired) electrons. The maximum atomic E-state index is 11.5. The number of rotatable bonds is 17. The second-order valence-electron chi connectivity index (χ2n) is 6.81. The monoisotopic (exact) mass is 448 g/mol. The van der Waals surface area contributed by atoms with E-state index >= 15 is 0 Å². The summed E-state index contributed by atoms with van der Waals surface area (Å²) in [6.45, 7) is 2.12. The Hall–Kier alpha value is -0.880. The SMILES string of the molecule is CCCCCC(OC(=O)CBr)C(O)CC=CCCCCCCCC(=O)OC. The molecular formula is C21H37BrO5. The van der Waals surface area contributed by atoms with Crippen molar-refractivity contribution in [3.8, 4) is 0 Å². The fraction of sp³-hybridized carbons (Fsp3) is 0.810. The number of ether oxygens (including phenoxy) is 2. The fourth-order valence-electron chi connectivity index (χ4n) is 2.79. The number of allylic oxidation sites excluding steroid dienone is 1. The molecule has 0 aliphatic heterocycles. The normalized spacial score (nSPS) is 13.5. The number of hydrogen-bond donors (Lipinski definition) is 1. The Morgan fingerprint density at radius 1 is 1.00 bits per heavy atom. The molecule has 0 bridgehead atoms. The van der Waals surface area contributed by atoms with Crippen LogP contribution >= 0.6 is 15.9 Å². The molecule has 0 saturated carbocycles. The largest absolute Gasteiger partial charge is 0.469 e. The minimum atomic E-state index is -0.653. The van der Waals surface area contributed by atoms with Crippen LogP contribution in [0.5, 0.6) is 0 Å². The van der Waals surface area contributed by atoms with Crippen LogP contribution < -0.4 is 0 Å². The van der Waals surface area contributed by atoms with Crippen LogP contribution in [0.15, 0.2) is 12.2 Å². The molecule has 2 unspecified atom stereocenters. The Kier molecular flexibility index (Phi) is 17.9. The minimum Gasteiger partial charge on any atom is -0.469 e. The zero-order valence-electron chi connectivity index (χ0n) is 17.0. The van der Waals surface area contributed by atoms with Gasteiger partial charge in [0.1, 0.15) is 11.4 Å². The first-order chi connectivity index (χ1) is 13.0. The number of esters is 2. The van der Waals surface area contributed by atoms with Crippen molar-refractivity contribution in [2.45, 2.75) is 96.2 Å². The number of aliphatic hydroxyl groups excluding tert-OH is 1. The lowest BCUT2D eigenvalue weighted by atomic mass is 10.0. The third-order valence-corrected chi connectivity index (χ3v) is 4.89. The van der Waals surface area contributed by atoms with Gasteiger partial charge in [0, 0.05) is 6.42 Å². The van der Waals surface area contributed by atoms with Gasteiger partial charge in [0.15, 0.2) is 0 Å². The molecule has 0 aliphatic carbocycles. The van der Waals surface area contributed by atoms with Crippen molar-refractivity contribution in [1.82, 2.24) is 0 Å². The van der Waals surface area contributed by atoms with Gasteiger partial charge in [-0.1, -0.05) is 67.1 Å². The van der Waals surface area contributed by atoms with Gasteiger partial charge in [0.25, 0.3) is 0 Å². The smallest absolute Gasteiger partial charge is 0.316 e. The summed E-state index contributed by atoms with van der Waals surface area (Å²) in [5, 5.41) is 10.5. The summed E-state index contributed by atoms with van der Waals surface area (Å²) in [6.07, 6.45) is 14.1. The van der Waals surface area contributed by atoms with Gasteiger partial charge in [0.05, 0.1) is 13.2 Å². The van der Waals surface area contributed by atoms with Gasteiger partial charge >= 0.3 is 11.9 Å². The Labute approximate surface area is 173 Å². The van der Waals surface area contributed by atoms with E-state index in [0.29, 0.717) is 19.3 Å². The Morgan fingerprint density at radius 3 is 2.37 bits per heavy atom. The van der Waals surface area contributed by atoms with Crippen LogP contribution in [-0.2, 0) is 19.1 Å². The van der Waals surface area contributed by atoms with Crippen LogP contribution in [-0.4, -0.2) is 41.7 Å². The van der Waals surface area contributed by atoms with Crippen molar-refractivity contribution in [1.29, 1.82) is 0 Å². The van der Waals surface area contributed by atoms with Crippen LogP contribution in [0.4, 0.5) is 0 Å². The molecule has 0 aromatic heterocycles. The predicted molar refractivity (Wildman–Crippen MR) is 112 cm³/mol. The molecule has 0 saturated heterocycles. The molecule has 0 aromatic rings. The maximum absolute atomic E-state index is 11.5. The lowest BCUT2D eigenvalue weighted by molar-refractivity contribution is -0.152. The average molecular weight is 449 g/mol. The van der Waals surface area contributed by atoms with Crippen molar-refractivity contribution in [2.24, 2.45) is 0 Å². The van der Waals surface area contributed by atoms with E-state index in [-0.39, 0.29) is 17.3 Å². The molecule has 158 valence electrons. The van der Waals surface area contributed by atoms with Crippen LogP contribution in [0, 0.1) is 0 Å². The van der Waals surface area contributed by atoms with Crippen molar-refractivity contribution in [2.75, 3.05) is 12.4 Å². The van der Waals surface area contributed by atoms with Gasteiger partial charge in [-0.2, -0.15) is 0 Å². The van der Waals surface area contributed by atoms with E-state index in [0.717, 1.165) is 57.8 Å². The second kappa shape index (κ2) is 18.5. The summed E-state index contributed by atoms with van der Waals surface area (Å²) in [5.41, 5.74) is 0. The molecule has 0 aliphatic rings. The van der Waals surface area contributed by atoms with Gasteiger partial charge in [-0.25, -0.2) is 0 Å².